The van der Waals surface area contributed by atoms with Gasteiger partial charge in [0.15, 0.2) is 12.6 Å². The van der Waals surface area contributed by atoms with Gasteiger partial charge < -0.3 is 65.1 Å². The van der Waals surface area contributed by atoms with Gasteiger partial charge in [0.05, 0.1) is 32.0 Å². The Bertz CT molecular complexity index is 1070. The molecule has 0 radical (unpaired) electrons. The van der Waals surface area contributed by atoms with E-state index >= 15 is 0 Å². The van der Waals surface area contributed by atoms with Gasteiger partial charge in [-0.2, -0.15) is 0 Å². The van der Waals surface area contributed by atoms with Crippen molar-refractivity contribution >= 4 is 5.91 Å². The van der Waals surface area contributed by atoms with Crippen LogP contribution in [0.3, 0.4) is 0 Å². The number of aliphatic hydroxyl groups excluding tert-OH is 8. The SMILES string of the molecule is CCCCCCCCCCC/C=C/[C@@H](O)[C@H](CO[C@@H]1O[C@H](CO)[C@@H](O[C@@H]2O[C@H](CO)[C@H](O)C(O)C2O)C(O)C1O)NC(=O)CCCCCCCCCCCCCCCCC. The van der Waals surface area contributed by atoms with E-state index in [1.54, 1.807) is 6.08 Å². The highest BCUT2D eigenvalue weighted by atomic mass is 16.7. The number of aliphatic hydroxyl groups is 8. The zero-order valence-electron chi connectivity index (χ0n) is 37.2. The van der Waals surface area contributed by atoms with E-state index in [9.17, 15) is 45.6 Å². The van der Waals surface area contributed by atoms with E-state index in [1.165, 1.54) is 116 Å². The summed E-state index contributed by atoms with van der Waals surface area (Å²) in [7, 11) is 0. The third kappa shape index (κ3) is 21.9. The summed E-state index contributed by atoms with van der Waals surface area (Å²) >= 11 is 0. The number of nitrogens with one attached hydrogen (secondary N) is 1. The molecule has 2 rings (SSSR count). The Morgan fingerprint density at radius 3 is 1.53 bits per heavy atom. The third-order valence-electron chi connectivity index (χ3n) is 12.0. The number of ether oxygens (including phenoxy) is 4. The molecule has 354 valence electrons. The van der Waals surface area contributed by atoms with Crippen molar-refractivity contribution in [2.24, 2.45) is 0 Å². The van der Waals surface area contributed by atoms with E-state index < -0.39 is 86.8 Å². The Hall–Kier alpha value is -1.27. The standard InChI is InChI=1S/C46H87NO13/c1-3-5-7-9-11-13-15-16-17-18-20-22-24-26-28-30-38(51)47-34(35(50)29-27-25-23-21-19-14-12-10-8-6-4-2)33-57-45-43(56)41(54)44(37(32-49)59-45)60-46-42(55)40(53)39(52)36(31-48)58-46/h27,29,34-37,39-46,48-50,52-56H,3-26,28,30-33H2,1-2H3,(H,47,51)/b29-27+/t34-,35+,36+,37+,39-,40?,41?,42?,43?,44+,45+,46-/m0/s1. The van der Waals surface area contributed by atoms with Crippen LogP contribution in [-0.4, -0.2) is 140 Å². The van der Waals surface area contributed by atoms with Crippen LogP contribution >= 0.6 is 0 Å². The topological polar surface area (TPSA) is 228 Å². The number of amides is 1. The van der Waals surface area contributed by atoms with Crippen LogP contribution in [-0.2, 0) is 23.7 Å². The van der Waals surface area contributed by atoms with Crippen molar-refractivity contribution in [2.45, 2.75) is 254 Å². The van der Waals surface area contributed by atoms with Gasteiger partial charge >= 0.3 is 0 Å². The van der Waals surface area contributed by atoms with Crippen molar-refractivity contribution < 1.29 is 64.6 Å². The average Bonchev–Trinajstić information content (AvgIpc) is 3.24. The molecule has 9 N–H and O–H groups in total. The van der Waals surface area contributed by atoms with Crippen LogP contribution in [0.5, 0.6) is 0 Å². The highest BCUT2D eigenvalue weighted by Crippen LogP contribution is 2.30. The molecule has 0 saturated carbocycles. The summed E-state index contributed by atoms with van der Waals surface area (Å²) in [6.45, 7) is 2.76. The maximum absolute atomic E-state index is 13.1. The first kappa shape index (κ1) is 54.9. The fourth-order valence-corrected chi connectivity index (χ4v) is 8.00. The van der Waals surface area contributed by atoms with Gasteiger partial charge in [0, 0.05) is 6.42 Å². The average molecular weight is 862 g/mol. The normalized spacial score (nSPS) is 28.3. The van der Waals surface area contributed by atoms with E-state index in [-0.39, 0.29) is 18.9 Å². The second kappa shape index (κ2) is 34.2. The Morgan fingerprint density at radius 2 is 1.03 bits per heavy atom. The Kier molecular flexibility index (Phi) is 31.3. The van der Waals surface area contributed by atoms with E-state index in [4.69, 9.17) is 18.9 Å². The van der Waals surface area contributed by atoms with Crippen LogP contribution in [0.15, 0.2) is 12.2 Å². The number of carbonyl (C=O) groups is 1. The summed E-state index contributed by atoms with van der Waals surface area (Å²) in [6, 6.07) is -0.906. The largest absolute Gasteiger partial charge is 0.394 e. The van der Waals surface area contributed by atoms with E-state index in [0.29, 0.717) is 6.42 Å². The first-order valence-electron chi connectivity index (χ1n) is 23.9. The third-order valence-corrected chi connectivity index (χ3v) is 12.0. The van der Waals surface area contributed by atoms with Gasteiger partial charge in [-0.3, -0.25) is 4.79 Å². The van der Waals surface area contributed by atoms with Gasteiger partial charge in [0.1, 0.15) is 48.8 Å². The smallest absolute Gasteiger partial charge is 0.220 e. The van der Waals surface area contributed by atoms with E-state index in [1.807, 2.05) is 6.08 Å². The molecule has 0 bridgehead atoms. The molecule has 0 spiro atoms. The van der Waals surface area contributed by atoms with Crippen LogP contribution in [0.4, 0.5) is 0 Å². The van der Waals surface area contributed by atoms with Gasteiger partial charge in [-0.05, 0) is 19.3 Å². The lowest BCUT2D eigenvalue weighted by atomic mass is 9.97. The quantitative estimate of drug-likeness (QED) is 0.0292. The molecule has 0 aromatic carbocycles. The molecule has 14 heteroatoms. The van der Waals surface area contributed by atoms with Crippen molar-refractivity contribution in [2.75, 3.05) is 19.8 Å². The van der Waals surface area contributed by atoms with Crippen molar-refractivity contribution in [3.63, 3.8) is 0 Å². The zero-order chi connectivity index (χ0) is 44.0. The lowest BCUT2D eigenvalue weighted by Crippen LogP contribution is -2.65. The number of rotatable bonds is 36. The summed E-state index contributed by atoms with van der Waals surface area (Å²) < 4.78 is 22.6. The molecule has 14 nitrogen and oxygen atoms in total. The molecule has 12 atom stereocenters. The number of hydrogen-bond acceptors (Lipinski definition) is 13. The van der Waals surface area contributed by atoms with Crippen molar-refractivity contribution in [1.29, 1.82) is 0 Å². The predicted octanol–water partition coefficient (Wildman–Crippen LogP) is 5.21. The Labute approximate surface area is 361 Å². The van der Waals surface area contributed by atoms with Gasteiger partial charge in [0.2, 0.25) is 5.91 Å². The molecule has 60 heavy (non-hydrogen) atoms. The molecule has 2 aliphatic heterocycles. The molecule has 2 saturated heterocycles. The summed E-state index contributed by atoms with van der Waals surface area (Å²) in [5.74, 6) is -0.240. The molecule has 2 fully saturated rings. The maximum Gasteiger partial charge on any atom is 0.220 e. The molecular weight excluding hydrogens is 774 g/mol. The van der Waals surface area contributed by atoms with Crippen LogP contribution in [0.25, 0.3) is 0 Å². The van der Waals surface area contributed by atoms with Crippen LogP contribution < -0.4 is 5.32 Å². The summed E-state index contributed by atoms with van der Waals surface area (Å²) in [6.07, 6.45) is 16.8. The van der Waals surface area contributed by atoms with Gasteiger partial charge in [-0.1, -0.05) is 167 Å². The monoisotopic (exact) mass is 862 g/mol. The number of hydrogen-bond donors (Lipinski definition) is 9. The summed E-state index contributed by atoms with van der Waals surface area (Å²) in [5.41, 5.74) is 0. The van der Waals surface area contributed by atoms with Gasteiger partial charge in [-0.25, -0.2) is 0 Å². The number of allylic oxidation sites excluding steroid dienone is 1. The second-order valence-corrected chi connectivity index (χ2v) is 17.2. The fraction of sp³-hybridized carbons (Fsp3) is 0.935. The lowest BCUT2D eigenvalue weighted by Gasteiger charge is -2.46. The Morgan fingerprint density at radius 1 is 0.583 bits per heavy atom. The van der Waals surface area contributed by atoms with E-state index in [0.717, 1.165) is 38.5 Å². The first-order valence-corrected chi connectivity index (χ1v) is 23.9. The van der Waals surface area contributed by atoms with Crippen LogP contribution in [0.2, 0.25) is 0 Å². The minimum Gasteiger partial charge on any atom is -0.394 e. The molecular formula is C46H87NO13. The molecule has 4 unspecified atom stereocenters. The van der Waals surface area contributed by atoms with Crippen LogP contribution in [0, 0.1) is 0 Å². The molecule has 0 aliphatic carbocycles. The van der Waals surface area contributed by atoms with Crippen molar-refractivity contribution in [3.05, 3.63) is 12.2 Å². The Balaban J connectivity index is 1.87. The maximum atomic E-state index is 13.1. The molecule has 1 amide bonds. The van der Waals surface area contributed by atoms with Crippen LogP contribution in [0.1, 0.15) is 181 Å². The number of carbonyl (C=O) groups excluding carboxylic acids is 1. The molecule has 2 aliphatic rings. The van der Waals surface area contributed by atoms with Crippen molar-refractivity contribution in [1.82, 2.24) is 5.32 Å². The first-order chi connectivity index (χ1) is 29.1. The predicted molar refractivity (Wildman–Crippen MR) is 231 cm³/mol. The number of unbranched alkanes of at least 4 members (excludes halogenated alkanes) is 23. The van der Waals surface area contributed by atoms with Gasteiger partial charge in [0.25, 0.3) is 0 Å². The zero-order valence-corrected chi connectivity index (χ0v) is 37.2. The summed E-state index contributed by atoms with van der Waals surface area (Å²) in [5, 5.41) is 86.5. The van der Waals surface area contributed by atoms with Gasteiger partial charge in [-0.15, -0.1) is 0 Å². The fourth-order valence-electron chi connectivity index (χ4n) is 8.00. The highest BCUT2D eigenvalue weighted by Gasteiger charge is 2.51. The van der Waals surface area contributed by atoms with Crippen molar-refractivity contribution in [3.8, 4) is 0 Å². The lowest BCUT2D eigenvalue weighted by molar-refractivity contribution is -0.359. The molecule has 0 aromatic heterocycles. The molecule has 2 heterocycles. The van der Waals surface area contributed by atoms with E-state index in [2.05, 4.69) is 19.2 Å². The molecule has 0 aromatic rings. The minimum atomic E-state index is -1.78. The summed E-state index contributed by atoms with van der Waals surface area (Å²) in [4.78, 5) is 13.1. The second-order valence-electron chi connectivity index (χ2n) is 17.2. The highest BCUT2D eigenvalue weighted by molar-refractivity contribution is 5.76. The minimum absolute atomic E-state index is 0.240.